The van der Waals surface area contributed by atoms with Gasteiger partial charge >= 0.3 is 39.5 Å². The van der Waals surface area contributed by atoms with Crippen molar-refractivity contribution in [2.24, 2.45) is 0 Å². The van der Waals surface area contributed by atoms with Gasteiger partial charge in [-0.15, -0.1) is 0 Å². The largest absolute Gasteiger partial charge is 0.472 e. The van der Waals surface area contributed by atoms with E-state index in [2.05, 4.69) is 27.7 Å². The summed E-state index contributed by atoms with van der Waals surface area (Å²) in [6.45, 7) is 4.91. The van der Waals surface area contributed by atoms with Crippen molar-refractivity contribution >= 4 is 39.5 Å². The number of unbranched alkanes of at least 4 members (excludes halogenated alkanes) is 52. The van der Waals surface area contributed by atoms with Gasteiger partial charge in [-0.2, -0.15) is 0 Å². The Balaban J connectivity index is 5.10. The molecule has 0 radical (unpaired) electrons. The molecular weight excluding hydrogens is 1260 g/mol. The summed E-state index contributed by atoms with van der Waals surface area (Å²) in [4.78, 5) is 72.5. The first-order chi connectivity index (χ1) is 46.7. The summed E-state index contributed by atoms with van der Waals surface area (Å²) in [5.41, 5.74) is 0. The zero-order chi connectivity index (χ0) is 70.4. The van der Waals surface area contributed by atoms with E-state index < -0.39 is 97.5 Å². The molecule has 0 bridgehead atoms. The molecule has 0 rings (SSSR count). The van der Waals surface area contributed by atoms with Gasteiger partial charge in [-0.1, -0.05) is 362 Å². The van der Waals surface area contributed by atoms with Crippen LogP contribution in [-0.2, 0) is 65.4 Å². The first kappa shape index (κ1) is 94.1. The van der Waals surface area contributed by atoms with E-state index in [1.165, 1.54) is 238 Å². The molecule has 0 saturated carbocycles. The molecule has 2 unspecified atom stereocenters. The van der Waals surface area contributed by atoms with Crippen molar-refractivity contribution < 1.29 is 80.2 Å². The Kier molecular flexibility index (Phi) is 70.0. The predicted octanol–water partition coefficient (Wildman–Crippen LogP) is 23.0. The number of esters is 4. The van der Waals surface area contributed by atoms with Gasteiger partial charge in [0.15, 0.2) is 12.2 Å². The lowest BCUT2D eigenvalue weighted by Crippen LogP contribution is -2.30. The maximum Gasteiger partial charge on any atom is 0.472 e. The Hall–Kier alpha value is -1.94. The second kappa shape index (κ2) is 71.5. The van der Waals surface area contributed by atoms with Crippen LogP contribution >= 0.6 is 15.6 Å². The van der Waals surface area contributed by atoms with Gasteiger partial charge in [0.05, 0.1) is 26.4 Å². The summed E-state index contributed by atoms with van der Waals surface area (Å²) < 4.78 is 68.3. The van der Waals surface area contributed by atoms with Gasteiger partial charge in [-0.25, -0.2) is 9.13 Å². The highest BCUT2D eigenvalue weighted by atomic mass is 31.2. The van der Waals surface area contributed by atoms with Crippen LogP contribution in [0.2, 0.25) is 0 Å². The van der Waals surface area contributed by atoms with Crippen LogP contribution in [0.3, 0.4) is 0 Å². The summed E-state index contributed by atoms with van der Waals surface area (Å²) in [6.07, 6.45) is 62.9. The fourth-order valence-electron chi connectivity index (χ4n) is 11.9. The van der Waals surface area contributed by atoms with E-state index >= 15 is 0 Å². The van der Waals surface area contributed by atoms with Crippen LogP contribution in [0.25, 0.3) is 0 Å². The quantitative estimate of drug-likeness (QED) is 0.0222. The van der Waals surface area contributed by atoms with Crippen LogP contribution in [-0.4, -0.2) is 96.7 Å². The average Bonchev–Trinajstić information content (AvgIpc) is 1.45. The molecule has 0 aliphatic rings. The first-order valence-corrected chi connectivity index (χ1v) is 43.3. The summed E-state index contributed by atoms with van der Waals surface area (Å²) in [7, 11) is -9.90. The Morgan fingerprint density at radius 1 is 0.250 bits per heavy atom. The highest BCUT2D eigenvalue weighted by molar-refractivity contribution is 7.47. The molecule has 0 aromatic rings. The first-order valence-electron chi connectivity index (χ1n) is 40.3. The highest BCUT2D eigenvalue weighted by Gasteiger charge is 2.30. The van der Waals surface area contributed by atoms with Crippen molar-refractivity contribution in [3.8, 4) is 0 Å². The van der Waals surface area contributed by atoms with Gasteiger partial charge in [-0.3, -0.25) is 37.3 Å². The third kappa shape index (κ3) is 70.5. The molecule has 0 aliphatic carbocycles. The molecule has 570 valence electrons. The van der Waals surface area contributed by atoms with Crippen molar-refractivity contribution in [1.82, 2.24) is 0 Å². The van der Waals surface area contributed by atoms with Crippen LogP contribution in [0.15, 0.2) is 0 Å². The van der Waals surface area contributed by atoms with Gasteiger partial charge in [-0.05, 0) is 25.7 Å². The van der Waals surface area contributed by atoms with Crippen LogP contribution < -0.4 is 0 Å². The number of ether oxygens (including phenoxy) is 4. The Labute approximate surface area is 588 Å². The van der Waals surface area contributed by atoms with Crippen LogP contribution in [0, 0.1) is 0 Å². The molecule has 96 heavy (non-hydrogen) atoms. The molecule has 19 heteroatoms. The summed E-state index contributed by atoms with van der Waals surface area (Å²) >= 11 is 0. The van der Waals surface area contributed by atoms with Crippen LogP contribution in [0.1, 0.15) is 413 Å². The fraction of sp³-hybridized carbons (Fsp3) is 0.948. The molecule has 3 N–H and O–H groups in total. The van der Waals surface area contributed by atoms with Gasteiger partial charge in [0, 0.05) is 25.7 Å². The minimum absolute atomic E-state index is 0.108. The number of carbonyl (C=O) groups is 4. The molecule has 0 amide bonds. The zero-order valence-electron chi connectivity index (χ0n) is 62.4. The number of phosphoric acid groups is 2. The van der Waals surface area contributed by atoms with Gasteiger partial charge in [0.1, 0.15) is 19.3 Å². The average molecular weight is 1410 g/mol. The van der Waals surface area contributed by atoms with Crippen LogP contribution in [0.5, 0.6) is 0 Å². The predicted molar refractivity (Wildman–Crippen MR) is 391 cm³/mol. The molecule has 5 atom stereocenters. The lowest BCUT2D eigenvalue weighted by molar-refractivity contribution is -0.161. The maximum absolute atomic E-state index is 13.1. The highest BCUT2D eigenvalue weighted by Crippen LogP contribution is 2.45. The lowest BCUT2D eigenvalue weighted by Gasteiger charge is -2.21. The number of hydrogen-bond acceptors (Lipinski definition) is 15. The number of phosphoric ester groups is 2. The van der Waals surface area contributed by atoms with Gasteiger partial charge in [0.25, 0.3) is 0 Å². The molecular formula is C77H150O17P2. The van der Waals surface area contributed by atoms with E-state index in [1.807, 2.05) is 0 Å². The number of carbonyl (C=O) groups excluding carboxylic acids is 4. The second-order valence-electron chi connectivity index (χ2n) is 27.7. The molecule has 0 spiro atoms. The molecule has 0 saturated heterocycles. The SMILES string of the molecule is CCCCCCCCCCCCCCCCCCCCCCCCC(=O)O[C@H](COC(=O)CCCCCCCCCCCCCCCCC)COP(=O)(O)OC[C@@H](O)COP(=O)(O)OC[C@@H](COC(=O)CCCCCCC)OC(=O)CCCCCCCCCCCCCCCC. The van der Waals surface area contributed by atoms with Crippen molar-refractivity contribution in [1.29, 1.82) is 0 Å². The van der Waals surface area contributed by atoms with Crippen molar-refractivity contribution in [2.75, 3.05) is 39.6 Å². The molecule has 0 fully saturated rings. The fourth-order valence-corrected chi connectivity index (χ4v) is 13.5. The monoisotopic (exact) mass is 1410 g/mol. The summed E-state index contributed by atoms with van der Waals surface area (Å²) in [5, 5.41) is 10.6. The smallest absolute Gasteiger partial charge is 0.462 e. The Morgan fingerprint density at radius 3 is 0.615 bits per heavy atom. The third-order valence-electron chi connectivity index (χ3n) is 18.1. The number of aliphatic hydroxyl groups excluding tert-OH is 1. The number of hydrogen-bond donors (Lipinski definition) is 3. The van der Waals surface area contributed by atoms with Crippen molar-refractivity contribution in [2.45, 2.75) is 431 Å². The van der Waals surface area contributed by atoms with Crippen molar-refractivity contribution in [3.05, 3.63) is 0 Å². The molecule has 17 nitrogen and oxygen atoms in total. The van der Waals surface area contributed by atoms with Crippen LogP contribution in [0.4, 0.5) is 0 Å². The summed E-state index contributed by atoms with van der Waals surface area (Å²) in [5.74, 6) is -2.12. The number of aliphatic hydroxyl groups is 1. The lowest BCUT2D eigenvalue weighted by atomic mass is 10.0. The van der Waals surface area contributed by atoms with Crippen molar-refractivity contribution in [3.63, 3.8) is 0 Å². The number of rotatable bonds is 78. The third-order valence-corrected chi connectivity index (χ3v) is 20.0. The van der Waals surface area contributed by atoms with E-state index in [1.54, 1.807) is 0 Å². The van der Waals surface area contributed by atoms with E-state index in [4.69, 9.17) is 37.0 Å². The second-order valence-corrected chi connectivity index (χ2v) is 30.7. The van der Waals surface area contributed by atoms with Gasteiger partial charge < -0.3 is 33.8 Å². The standard InChI is InChI=1S/C77H150O17P2/c1-5-9-13-17-20-23-26-29-32-33-34-35-36-37-38-40-43-46-49-52-56-60-64-77(82)94-73(68-88-75(80)62-58-54-50-47-44-42-39-30-27-24-21-18-14-10-6-2)70-92-96(85,86)90-66-71(78)65-89-95(83,84)91-69-72(67-87-74(79)61-57-53-16-12-8-4)93-76(81)63-59-55-51-48-45-41-31-28-25-22-19-15-11-7-3/h71-73,78H,5-70H2,1-4H3,(H,83,84)(H,85,86)/t71-,72+,73+/m0/s1. The van der Waals surface area contributed by atoms with E-state index in [9.17, 15) is 43.2 Å². The summed E-state index contributed by atoms with van der Waals surface area (Å²) in [6, 6.07) is 0. The zero-order valence-corrected chi connectivity index (χ0v) is 64.1. The molecule has 0 aromatic heterocycles. The minimum Gasteiger partial charge on any atom is -0.462 e. The Bertz CT molecular complexity index is 1830. The van der Waals surface area contributed by atoms with E-state index in [-0.39, 0.29) is 25.7 Å². The minimum atomic E-state index is -4.95. The molecule has 0 aliphatic heterocycles. The topological polar surface area (TPSA) is 237 Å². The van der Waals surface area contributed by atoms with Gasteiger partial charge in [0.2, 0.25) is 0 Å². The van der Waals surface area contributed by atoms with E-state index in [0.29, 0.717) is 25.7 Å². The normalized spacial score (nSPS) is 13.9. The maximum atomic E-state index is 13.1. The van der Waals surface area contributed by atoms with E-state index in [0.717, 1.165) is 96.3 Å². The molecule has 0 heterocycles. The molecule has 0 aromatic carbocycles. The Morgan fingerprint density at radius 2 is 0.417 bits per heavy atom.